The molecule has 0 fully saturated rings. The van der Waals surface area contributed by atoms with Crippen molar-refractivity contribution >= 4 is 27.8 Å². The van der Waals surface area contributed by atoms with Crippen molar-refractivity contribution in [3.63, 3.8) is 0 Å². The molecular weight excluding hydrogens is 416 g/mol. The van der Waals surface area contributed by atoms with Gasteiger partial charge >= 0.3 is 5.63 Å². The molecule has 0 unspecified atom stereocenters. The maximum atomic E-state index is 12.5. The van der Waals surface area contributed by atoms with Crippen LogP contribution in [-0.4, -0.2) is 24.0 Å². The van der Waals surface area contributed by atoms with E-state index in [-0.39, 0.29) is 5.91 Å². The maximum absolute atomic E-state index is 12.5. The Morgan fingerprint density at radius 1 is 1.12 bits per heavy atom. The van der Waals surface area contributed by atoms with Crippen LogP contribution in [0.2, 0.25) is 0 Å². The molecule has 33 heavy (non-hydrogen) atoms. The summed E-state index contributed by atoms with van der Waals surface area (Å²) in [6, 6.07) is 13.3. The van der Waals surface area contributed by atoms with Crippen LogP contribution in [-0.2, 0) is 17.6 Å². The number of para-hydroxylation sites is 1. The summed E-state index contributed by atoms with van der Waals surface area (Å²) in [6.07, 6.45) is 3.60. The van der Waals surface area contributed by atoms with E-state index in [1.165, 1.54) is 17.0 Å². The highest BCUT2D eigenvalue weighted by Crippen LogP contribution is 2.28. The van der Waals surface area contributed by atoms with Crippen LogP contribution >= 0.6 is 0 Å². The topological polar surface area (TPSA) is 84.3 Å². The van der Waals surface area contributed by atoms with Crippen LogP contribution in [0.4, 0.5) is 0 Å². The standard InChI is InChI=1S/C27H28N2O4/c1-17(2)16-32-24-14-25-22(18(3)12-27(31)33-25)13-19(24)8-9-26(30)28-11-10-20-15-29-23-7-5-4-6-21(20)23/h4-7,12-15,29H,1,8-11,16H2,2-3H3,(H,28,30). The van der Waals surface area contributed by atoms with Crippen LogP contribution in [0.1, 0.15) is 30.0 Å². The van der Waals surface area contributed by atoms with Gasteiger partial charge in [0.25, 0.3) is 0 Å². The van der Waals surface area contributed by atoms with Crippen molar-refractivity contribution in [1.29, 1.82) is 0 Å². The fourth-order valence-corrected chi connectivity index (χ4v) is 3.93. The summed E-state index contributed by atoms with van der Waals surface area (Å²) in [4.78, 5) is 27.6. The van der Waals surface area contributed by atoms with Gasteiger partial charge in [-0.25, -0.2) is 4.79 Å². The number of aromatic amines is 1. The summed E-state index contributed by atoms with van der Waals surface area (Å²) in [6.45, 7) is 8.55. The first-order valence-corrected chi connectivity index (χ1v) is 11.1. The number of carbonyl (C=O) groups is 1. The third kappa shape index (κ3) is 5.34. The third-order valence-corrected chi connectivity index (χ3v) is 5.62. The van der Waals surface area contributed by atoms with Gasteiger partial charge in [-0.1, -0.05) is 24.8 Å². The van der Waals surface area contributed by atoms with Crippen LogP contribution in [0.15, 0.2) is 70.0 Å². The molecule has 0 aliphatic heterocycles. The molecule has 0 aliphatic carbocycles. The van der Waals surface area contributed by atoms with E-state index in [9.17, 15) is 9.59 Å². The van der Waals surface area contributed by atoms with E-state index in [1.807, 2.05) is 44.3 Å². The van der Waals surface area contributed by atoms with E-state index in [1.54, 1.807) is 6.07 Å². The molecule has 170 valence electrons. The van der Waals surface area contributed by atoms with Crippen molar-refractivity contribution in [2.24, 2.45) is 0 Å². The Balaban J connectivity index is 1.42. The molecule has 2 aromatic carbocycles. The second kappa shape index (κ2) is 9.77. The van der Waals surface area contributed by atoms with E-state index in [4.69, 9.17) is 9.15 Å². The zero-order valence-corrected chi connectivity index (χ0v) is 19.0. The number of fused-ring (bicyclic) bond motifs is 2. The molecule has 0 radical (unpaired) electrons. The molecule has 0 aliphatic rings. The molecule has 0 spiro atoms. The highest BCUT2D eigenvalue weighted by Gasteiger charge is 2.13. The van der Waals surface area contributed by atoms with Gasteiger partial charge in [0.05, 0.1) is 0 Å². The Morgan fingerprint density at radius 3 is 2.76 bits per heavy atom. The van der Waals surface area contributed by atoms with E-state index < -0.39 is 5.63 Å². The third-order valence-electron chi connectivity index (χ3n) is 5.62. The number of H-pyrrole nitrogens is 1. The van der Waals surface area contributed by atoms with Gasteiger partial charge in [0.2, 0.25) is 5.91 Å². The smallest absolute Gasteiger partial charge is 0.336 e. The molecule has 1 amide bonds. The first kappa shape index (κ1) is 22.4. The molecular formula is C27H28N2O4. The van der Waals surface area contributed by atoms with Crippen molar-refractivity contribution in [3.05, 3.63) is 87.9 Å². The van der Waals surface area contributed by atoms with Gasteiger partial charge in [-0.05, 0) is 61.1 Å². The number of hydrogen-bond acceptors (Lipinski definition) is 4. The van der Waals surface area contributed by atoms with Gasteiger partial charge < -0.3 is 19.5 Å². The monoisotopic (exact) mass is 444 g/mol. The Hall–Kier alpha value is -3.80. The van der Waals surface area contributed by atoms with Crippen LogP contribution in [0.25, 0.3) is 21.9 Å². The second-order valence-corrected chi connectivity index (χ2v) is 8.41. The van der Waals surface area contributed by atoms with Crippen molar-refractivity contribution < 1.29 is 13.9 Å². The van der Waals surface area contributed by atoms with E-state index in [0.717, 1.165) is 34.0 Å². The lowest BCUT2D eigenvalue weighted by molar-refractivity contribution is -0.121. The number of nitrogens with one attached hydrogen (secondary N) is 2. The number of hydrogen-bond donors (Lipinski definition) is 2. The molecule has 0 atom stereocenters. The first-order chi connectivity index (χ1) is 15.9. The molecule has 2 N–H and O–H groups in total. The number of aryl methyl sites for hydroxylation is 2. The minimum Gasteiger partial charge on any atom is -0.489 e. The average molecular weight is 445 g/mol. The SMILES string of the molecule is C=C(C)COc1cc2oc(=O)cc(C)c2cc1CCC(=O)NCCc1c[nH]c2ccccc12. The zero-order chi connectivity index (χ0) is 23.4. The Bertz CT molecular complexity index is 1380. The molecule has 6 heteroatoms. The van der Waals surface area contributed by atoms with Crippen molar-refractivity contribution in [1.82, 2.24) is 10.3 Å². The van der Waals surface area contributed by atoms with Crippen LogP contribution in [0.3, 0.4) is 0 Å². The Kier molecular flexibility index (Phi) is 6.63. The summed E-state index contributed by atoms with van der Waals surface area (Å²) in [5.41, 5.74) is 4.97. The molecule has 0 bridgehead atoms. The fraction of sp³-hybridized carbons (Fsp3) is 0.259. The molecule has 2 heterocycles. The normalized spacial score (nSPS) is 11.1. The highest BCUT2D eigenvalue weighted by molar-refractivity contribution is 5.84. The van der Waals surface area contributed by atoms with Crippen molar-refractivity contribution in [2.75, 3.05) is 13.2 Å². The van der Waals surface area contributed by atoms with Crippen LogP contribution in [0.5, 0.6) is 5.75 Å². The second-order valence-electron chi connectivity index (χ2n) is 8.41. The molecule has 0 saturated carbocycles. The minimum absolute atomic E-state index is 0.0166. The predicted octanol–water partition coefficient (Wildman–Crippen LogP) is 4.83. The number of amides is 1. The van der Waals surface area contributed by atoms with Crippen molar-refractivity contribution in [3.8, 4) is 5.75 Å². The highest BCUT2D eigenvalue weighted by atomic mass is 16.5. The average Bonchev–Trinajstić information content (AvgIpc) is 3.19. The fourth-order valence-electron chi connectivity index (χ4n) is 3.93. The maximum Gasteiger partial charge on any atom is 0.336 e. The lowest BCUT2D eigenvalue weighted by atomic mass is 10.0. The molecule has 6 nitrogen and oxygen atoms in total. The van der Waals surface area contributed by atoms with Gasteiger partial charge in [-0.2, -0.15) is 0 Å². The molecule has 4 aromatic rings. The van der Waals surface area contributed by atoms with Gasteiger partial charge in [0.1, 0.15) is 17.9 Å². The van der Waals surface area contributed by atoms with Gasteiger partial charge in [-0.3, -0.25) is 4.79 Å². The van der Waals surface area contributed by atoms with Crippen LogP contribution in [0, 0.1) is 6.92 Å². The number of rotatable bonds is 9. The number of aromatic nitrogens is 1. The summed E-state index contributed by atoms with van der Waals surface area (Å²) in [5.74, 6) is 0.586. The molecule has 4 rings (SSSR count). The van der Waals surface area contributed by atoms with Gasteiger partial charge in [0, 0.05) is 47.6 Å². The quantitative estimate of drug-likeness (QED) is 0.286. The predicted molar refractivity (Wildman–Crippen MR) is 131 cm³/mol. The minimum atomic E-state index is -0.395. The number of carbonyl (C=O) groups excluding carboxylic acids is 1. The lowest BCUT2D eigenvalue weighted by Gasteiger charge is -2.13. The Morgan fingerprint density at radius 2 is 1.94 bits per heavy atom. The number of benzene rings is 2. The van der Waals surface area contributed by atoms with Gasteiger partial charge in [-0.15, -0.1) is 0 Å². The molecule has 0 saturated heterocycles. The number of ether oxygens (including phenoxy) is 1. The summed E-state index contributed by atoms with van der Waals surface area (Å²) in [5, 5.41) is 5.04. The van der Waals surface area contributed by atoms with Crippen molar-refractivity contribution in [2.45, 2.75) is 33.1 Å². The largest absolute Gasteiger partial charge is 0.489 e. The van der Waals surface area contributed by atoms with E-state index in [0.29, 0.717) is 37.3 Å². The van der Waals surface area contributed by atoms with Gasteiger partial charge in [0.15, 0.2) is 0 Å². The van der Waals surface area contributed by atoms with E-state index >= 15 is 0 Å². The summed E-state index contributed by atoms with van der Waals surface area (Å²) >= 11 is 0. The summed E-state index contributed by atoms with van der Waals surface area (Å²) < 4.78 is 11.2. The lowest BCUT2D eigenvalue weighted by Crippen LogP contribution is -2.25. The van der Waals surface area contributed by atoms with E-state index in [2.05, 4.69) is 22.9 Å². The molecule has 2 aromatic heterocycles. The first-order valence-electron chi connectivity index (χ1n) is 11.1. The Labute approximate surface area is 192 Å². The summed E-state index contributed by atoms with van der Waals surface area (Å²) in [7, 11) is 0. The zero-order valence-electron chi connectivity index (χ0n) is 19.0. The van der Waals surface area contributed by atoms with Crippen LogP contribution < -0.4 is 15.7 Å².